The van der Waals surface area contributed by atoms with Crippen LogP contribution in [0.2, 0.25) is 0 Å². The minimum Gasteiger partial charge on any atom is -0.508 e. The predicted octanol–water partition coefficient (Wildman–Crippen LogP) is 8.42. The minimum absolute atomic E-state index is 0. The highest BCUT2D eigenvalue weighted by molar-refractivity contribution is 6.05. The second kappa shape index (κ2) is 21.2. The molecule has 24 heteroatoms. The number of carbonyl (C=O) groups is 4. The fraction of sp³-hybridized carbons (Fsp3) is 0.179. The zero-order valence-corrected chi connectivity index (χ0v) is 42.3. The van der Waals surface area contributed by atoms with Crippen LogP contribution in [-0.4, -0.2) is 107 Å². The smallest absolute Gasteiger partial charge is 0.293 e. The van der Waals surface area contributed by atoms with E-state index in [9.17, 15) is 64.8 Å². The number of fused-ring (bicyclic) bond motifs is 6. The number of hydrogen-bond acceptors (Lipinski definition) is 15. The molecule has 0 radical (unpaired) electrons. The van der Waals surface area contributed by atoms with Gasteiger partial charge in [-0.3, -0.25) is 49.5 Å². The Balaban J connectivity index is 0.000000144. The van der Waals surface area contributed by atoms with Crippen molar-refractivity contribution in [2.75, 3.05) is 28.2 Å². The van der Waals surface area contributed by atoms with Crippen LogP contribution in [0.3, 0.4) is 0 Å². The van der Waals surface area contributed by atoms with Gasteiger partial charge in [0.25, 0.3) is 34.8 Å². The topological polar surface area (TPSA) is 348 Å². The number of benzene rings is 6. The van der Waals surface area contributed by atoms with E-state index in [2.05, 4.69) is 30.9 Å². The third kappa shape index (κ3) is 9.59. The molecular weight excluding hydrogens is 1030 g/mol. The molecule has 12 rings (SSSR count). The van der Waals surface area contributed by atoms with Crippen LogP contribution in [0.4, 0.5) is 17.1 Å². The molecule has 3 unspecified atom stereocenters. The summed E-state index contributed by atoms with van der Waals surface area (Å²) >= 11 is 0. The molecule has 0 saturated heterocycles. The number of nitro benzene ring substituents is 3. The third-order valence-electron chi connectivity index (χ3n) is 13.9. The van der Waals surface area contributed by atoms with Crippen molar-refractivity contribution in [2.24, 2.45) is 0 Å². The number of non-ortho nitro benzene ring substituents is 3. The molecule has 408 valence electrons. The van der Waals surface area contributed by atoms with Crippen LogP contribution in [-0.2, 0) is 13.1 Å². The number of hydrogen-bond donors (Lipinski definition) is 9. The molecule has 0 saturated carbocycles. The molecule has 80 heavy (non-hydrogen) atoms. The van der Waals surface area contributed by atoms with E-state index in [-0.39, 0.29) is 70.7 Å². The summed E-state index contributed by atoms with van der Waals surface area (Å²) < 4.78 is 0. The Labute approximate surface area is 453 Å². The van der Waals surface area contributed by atoms with Crippen LogP contribution >= 0.6 is 0 Å². The Bertz CT molecular complexity index is 4070. The maximum Gasteiger partial charge on any atom is 0.293 e. The van der Waals surface area contributed by atoms with E-state index in [1.165, 1.54) is 60.7 Å². The number of nitrogens with zero attached hydrogens (tertiary/aromatic N) is 5. The number of nitro groups is 3. The molecule has 3 amide bonds. The van der Waals surface area contributed by atoms with Crippen molar-refractivity contribution < 1.29 is 49.3 Å². The number of aromatic hydroxyl groups is 3. The number of rotatable bonds is 11. The van der Waals surface area contributed by atoms with Gasteiger partial charge in [0.2, 0.25) is 0 Å². The van der Waals surface area contributed by atoms with Gasteiger partial charge in [-0.25, -0.2) is 0 Å². The Morgan fingerprint density at radius 3 is 1.26 bits per heavy atom. The van der Waals surface area contributed by atoms with Crippen molar-refractivity contribution in [1.82, 2.24) is 40.7 Å². The van der Waals surface area contributed by atoms with Crippen molar-refractivity contribution in [3.63, 3.8) is 0 Å². The summed E-state index contributed by atoms with van der Waals surface area (Å²) in [7, 11) is 7.61. The van der Waals surface area contributed by atoms with Crippen molar-refractivity contribution in [1.29, 1.82) is 0 Å². The fourth-order valence-electron chi connectivity index (χ4n) is 10.7. The molecule has 0 spiro atoms. The zero-order chi connectivity index (χ0) is 56.3. The first kappa shape index (κ1) is 54.3. The molecule has 3 atom stereocenters. The Morgan fingerprint density at radius 1 is 0.487 bits per heavy atom. The van der Waals surface area contributed by atoms with Crippen molar-refractivity contribution in [3.8, 4) is 17.2 Å². The number of nitrogens with one attached hydrogen (secondary N) is 6. The first-order valence-corrected chi connectivity index (χ1v) is 24.2. The molecule has 0 fully saturated rings. The average molecular weight is 1090 g/mol. The summed E-state index contributed by atoms with van der Waals surface area (Å²) in [5, 5.41) is 74.0. The number of aromatic nitrogens is 3. The van der Waals surface area contributed by atoms with E-state index in [0.717, 1.165) is 28.1 Å². The van der Waals surface area contributed by atoms with Crippen LogP contribution in [0.25, 0.3) is 32.7 Å². The molecular formula is C56H51N11O13. The molecule has 0 aliphatic carbocycles. The highest BCUT2D eigenvalue weighted by atomic mass is 16.6. The van der Waals surface area contributed by atoms with E-state index in [1.807, 2.05) is 44.1 Å². The van der Waals surface area contributed by atoms with Gasteiger partial charge in [-0.15, -0.1) is 0 Å². The monoisotopic (exact) mass is 1090 g/mol. The van der Waals surface area contributed by atoms with Crippen LogP contribution in [0, 0.1) is 30.3 Å². The SMILES string of the molecule is C.CN(C)Cc1[nH]c2c([N+](=O)[O-])cccc2c1C1NC(=O)c2cc(O)ccc21.CN(C)Cc1[nH]c2c([N+](=O)[O-])cccc2c1C1NC(=O)c2ccc(O)cc21.O=Cc1[nH]c2c([N+](=O)[O-])cccc2c1C1NC(=O)c2ccc(O)cc21. The van der Waals surface area contributed by atoms with Crippen LogP contribution in [0.1, 0.15) is 112 Å². The van der Waals surface area contributed by atoms with Crippen LogP contribution < -0.4 is 16.0 Å². The number of aldehydes is 1. The number of para-hydroxylation sites is 3. The summed E-state index contributed by atoms with van der Waals surface area (Å²) in [4.78, 5) is 94.4. The Hall–Kier alpha value is -10.5. The molecule has 0 bridgehead atoms. The molecule has 3 aromatic heterocycles. The second-order valence-electron chi connectivity index (χ2n) is 19.5. The molecule has 24 nitrogen and oxygen atoms in total. The zero-order valence-electron chi connectivity index (χ0n) is 42.3. The van der Waals surface area contributed by atoms with Crippen LogP contribution in [0.15, 0.2) is 109 Å². The standard InChI is InChI=1S/2C19H18N4O4.C17H11N3O5.CH4/c1-22(2)9-14-16(12-4-3-5-15(23(26)27)17(12)20-14)18-13-8-10(24)6-7-11(13)19(25)21-18;1-22(2)9-14-16(12-4-3-5-15(23(26)27)17(12)20-14)18-11-7-6-10(24)8-13(11)19(25)21-18;21-7-12-14(10-2-1-3-13(20(24)25)15(10)18-12)16-11-6-8(22)4-5-9(11)17(23)19-16;/h2*3-8,18,20,24H,9H2,1-2H3,(H,21,25);1-7,16,18,22H,(H,19,23);1H4. The highest BCUT2D eigenvalue weighted by Crippen LogP contribution is 2.44. The number of phenolic OH excluding ortho intramolecular Hbond substituents is 3. The van der Waals surface area contributed by atoms with Gasteiger partial charge in [-0.05, 0) is 93.4 Å². The maximum atomic E-state index is 12.4. The van der Waals surface area contributed by atoms with Crippen molar-refractivity contribution in [2.45, 2.75) is 38.6 Å². The first-order chi connectivity index (χ1) is 37.7. The summed E-state index contributed by atoms with van der Waals surface area (Å²) in [6.45, 7) is 1.04. The van der Waals surface area contributed by atoms with E-state index in [0.29, 0.717) is 79.9 Å². The first-order valence-electron chi connectivity index (χ1n) is 24.2. The molecule has 9 aromatic rings. The number of carbonyl (C=O) groups excluding carboxylic acids is 4. The number of amides is 3. The highest BCUT2D eigenvalue weighted by Gasteiger charge is 2.38. The van der Waals surface area contributed by atoms with Gasteiger partial charge < -0.3 is 56.0 Å². The summed E-state index contributed by atoms with van der Waals surface area (Å²) in [5.74, 6) is -0.773. The molecule has 3 aliphatic heterocycles. The largest absolute Gasteiger partial charge is 0.508 e. The molecule has 9 N–H and O–H groups in total. The van der Waals surface area contributed by atoms with Gasteiger partial charge in [-0.2, -0.15) is 0 Å². The third-order valence-corrected chi connectivity index (χ3v) is 13.9. The summed E-state index contributed by atoms with van der Waals surface area (Å²) in [6.07, 6.45) is 0.562. The van der Waals surface area contributed by atoms with Gasteiger partial charge in [0.05, 0.1) is 38.6 Å². The summed E-state index contributed by atoms with van der Waals surface area (Å²) in [6, 6.07) is 26.4. The predicted molar refractivity (Wildman–Crippen MR) is 294 cm³/mol. The van der Waals surface area contributed by atoms with E-state index >= 15 is 0 Å². The minimum atomic E-state index is -0.689. The quantitative estimate of drug-likeness (QED) is 0.0333. The van der Waals surface area contributed by atoms with E-state index < -0.39 is 32.9 Å². The van der Waals surface area contributed by atoms with Crippen molar-refractivity contribution in [3.05, 3.63) is 207 Å². The second-order valence-corrected chi connectivity index (χ2v) is 19.5. The average Bonchev–Trinajstić information content (AvgIpc) is 4.28. The number of phenols is 3. The van der Waals surface area contributed by atoms with Gasteiger partial charge in [0, 0.05) is 92.2 Å². The molecule has 6 aromatic carbocycles. The van der Waals surface area contributed by atoms with Gasteiger partial charge in [-0.1, -0.05) is 49.9 Å². The Kier molecular flexibility index (Phi) is 14.4. The fourth-order valence-corrected chi connectivity index (χ4v) is 10.7. The van der Waals surface area contributed by atoms with Gasteiger partial charge in [0.15, 0.2) is 6.29 Å². The number of aromatic amines is 3. The lowest BCUT2D eigenvalue weighted by atomic mass is 9.95. The van der Waals surface area contributed by atoms with Gasteiger partial charge >= 0.3 is 0 Å². The lowest BCUT2D eigenvalue weighted by Crippen LogP contribution is -2.22. The van der Waals surface area contributed by atoms with Crippen molar-refractivity contribution >= 4 is 73.8 Å². The molecule has 3 aliphatic rings. The van der Waals surface area contributed by atoms with E-state index in [1.54, 1.807) is 42.5 Å². The maximum absolute atomic E-state index is 12.4. The lowest BCUT2D eigenvalue weighted by Gasteiger charge is -2.16. The Morgan fingerprint density at radius 2 is 0.850 bits per heavy atom. The van der Waals surface area contributed by atoms with E-state index in [4.69, 9.17) is 0 Å². The van der Waals surface area contributed by atoms with Gasteiger partial charge in [0.1, 0.15) is 33.8 Å². The molecule has 6 heterocycles. The van der Waals surface area contributed by atoms with Crippen LogP contribution in [0.5, 0.6) is 17.2 Å². The normalized spacial score (nSPS) is 15.7. The summed E-state index contributed by atoms with van der Waals surface area (Å²) in [5.41, 5.74) is 7.86. The lowest BCUT2D eigenvalue weighted by molar-refractivity contribution is -0.383. The number of H-pyrrole nitrogens is 3.